The van der Waals surface area contributed by atoms with Crippen molar-refractivity contribution in [3.8, 4) is 11.1 Å². The van der Waals surface area contributed by atoms with Gasteiger partial charge in [0.15, 0.2) is 0 Å². The lowest BCUT2D eigenvalue weighted by molar-refractivity contribution is 0.102. The standard InChI is InChI=1S/C18H15N3O3/c1-21-17(23)14(11-19-18(21)24)16(22)20-15-10-6-5-9-13(15)12-7-3-2-4-8-12/h2-11H,1H3,(H,19,24)(H,20,22). The maximum absolute atomic E-state index is 12.4. The SMILES string of the molecule is Cn1c(=O)[nH]cc(C(=O)Nc2ccccc2-c2ccccc2)c1=O. The Morgan fingerprint density at radius 3 is 2.42 bits per heavy atom. The smallest absolute Gasteiger partial charge is 0.321 e. The lowest BCUT2D eigenvalue weighted by atomic mass is 10.0. The molecule has 3 rings (SSSR count). The van der Waals surface area contributed by atoms with Gasteiger partial charge in [0.2, 0.25) is 0 Å². The molecule has 0 bridgehead atoms. The van der Waals surface area contributed by atoms with Gasteiger partial charge in [-0.05, 0) is 11.6 Å². The van der Waals surface area contributed by atoms with Gasteiger partial charge in [0.25, 0.3) is 11.5 Å². The number of hydrogen-bond acceptors (Lipinski definition) is 3. The summed E-state index contributed by atoms with van der Waals surface area (Å²) in [6.07, 6.45) is 1.13. The van der Waals surface area contributed by atoms with E-state index in [1.807, 2.05) is 42.5 Å². The Bertz CT molecular complexity index is 1000. The third-order valence-corrected chi connectivity index (χ3v) is 3.68. The van der Waals surface area contributed by atoms with Gasteiger partial charge in [-0.2, -0.15) is 0 Å². The molecule has 0 saturated carbocycles. The average Bonchev–Trinajstić information content (AvgIpc) is 2.61. The van der Waals surface area contributed by atoms with E-state index in [1.165, 1.54) is 7.05 Å². The molecule has 120 valence electrons. The minimum atomic E-state index is -0.645. The van der Waals surface area contributed by atoms with E-state index in [9.17, 15) is 14.4 Å². The molecule has 0 aliphatic rings. The van der Waals surface area contributed by atoms with Gasteiger partial charge in [0, 0.05) is 24.5 Å². The summed E-state index contributed by atoms with van der Waals surface area (Å²) in [4.78, 5) is 38.3. The summed E-state index contributed by atoms with van der Waals surface area (Å²) in [5.41, 5.74) is 1.03. The third-order valence-electron chi connectivity index (χ3n) is 3.68. The Morgan fingerprint density at radius 2 is 1.67 bits per heavy atom. The van der Waals surface area contributed by atoms with Crippen LogP contribution < -0.4 is 16.6 Å². The molecule has 0 fully saturated rings. The number of carbonyl (C=O) groups excluding carboxylic acids is 1. The number of rotatable bonds is 3. The lowest BCUT2D eigenvalue weighted by Crippen LogP contribution is -2.37. The van der Waals surface area contributed by atoms with Gasteiger partial charge in [-0.25, -0.2) is 4.79 Å². The molecule has 2 aromatic carbocycles. The molecule has 24 heavy (non-hydrogen) atoms. The number of aromatic nitrogens is 2. The van der Waals surface area contributed by atoms with Gasteiger partial charge in [-0.15, -0.1) is 0 Å². The highest BCUT2D eigenvalue weighted by Crippen LogP contribution is 2.27. The van der Waals surface area contributed by atoms with Gasteiger partial charge in [-0.3, -0.25) is 14.2 Å². The number of nitrogens with zero attached hydrogens (tertiary/aromatic N) is 1. The summed E-state index contributed by atoms with van der Waals surface area (Å²) >= 11 is 0. The number of aromatic amines is 1. The molecule has 3 aromatic rings. The molecule has 0 spiro atoms. The van der Waals surface area contributed by atoms with E-state index in [1.54, 1.807) is 12.1 Å². The van der Waals surface area contributed by atoms with Gasteiger partial charge in [0.1, 0.15) is 5.56 Å². The summed E-state index contributed by atoms with van der Waals surface area (Å²) < 4.78 is 0.859. The predicted octanol–water partition coefficient (Wildman–Crippen LogP) is 1.99. The first-order valence-corrected chi connectivity index (χ1v) is 7.32. The first-order chi connectivity index (χ1) is 11.6. The molecule has 0 aliphatic heterocycles. The van der Waals surface area contributed by atoms with Crippen molar-refractivity contribution in [2.45, 2.75) is 0 Å². The van der Waals surface area contributed by atoms with Crippen molar-refractivity contribution < 1.29 is 4.79 Å². The average molecular weight is 321 g/mol. The number of H-pyrrole nitrogens is 1. The van der Waals surface area contributed by atoms with E-state index in [0.717, 1.165) is 21.9 Å². The minimum absolute atomic E-state index is 0.125. The van der Waals surface area contributed by atoms with Crippen molar-refractivity contribution in [1.29, 1.82) is 0 Å². The second kappa shape index (κ2) is 6.37. The summed E-state index contributed by atoms with van der Waals surface area (Å²) in [6.45, 7) is 0. The number of benzene rings is 2. The largest absolute Gasteiger partial charge is 0.328 e. The molecule has 0 radical (unpaired) electrons. The molecule has 0 saturated heterocycles. The summed E-state index contributed by atoms with van der Waals surface area (Å²) in [7, 11) is 1.32. The van der Waals surface area contributed by atoms with Crippen LogP contribution in [0.4, 0.5) is 5.69 Å². The minimum Gasteiger partial charge on any atom is -0.321 e. The molecule has 0 atom stereocenters. The van der Waals surface area contributed by atoms with Crippen molar-refractivity contribution in [2.24, 2.45) is 7.05 Å². The van der Waals surface area contributed by atoms with Crippen molar-refractivity contribution in [2.75, 3.05) is 5.32 Å². The maximum atomic E-state index is 12.4. The van der Waals surface area contributed by atoms with Crippen LogP contribution in [0.3, 0.4) is 0 Å². The number of anilines is 1. The van der Waals surface area contributed by atoms with E-state index >= 15 is 0 Å². The third kappa shape index (κ3) is 2.89. The van der Waals surface area contributed by atoms with Crippen molar-refractivity contribution in [1.82, 2.24) is 9.55 Å². The molecular formula is C18H15N3O3. The molecule has 1 aromatic heterocycles. The molecule has 2 N–H and O–H groups in total. The fourth-order valence-electron chi connectivity index (χ4n) is 2.38. The Balaban J connectivity index is 1.98. The zero-order valence-corrected chi connectivity index (χ0v) is 12.9. The summed E-state index contributed by atoms with van der Waals surface area (Å²) in [5.74, 6) is -0.574. The van der Waals surface area contributed by atoms with Crippen molar-refractivity contribution in [3.05, 3.63) is 87.2 Å². The number of amides is 1. The quantitative estimate of drug-likeness (QED) is 0.774. The van der Waals surface area contributed by atoms with Gasteiger partial charge >= 0.3 is 5.69 Å². The molecule has 6 heteroatoms. The van der Waals surface area contributed by atoms with E-state index in [2.05, 4.69) is 10.3 Å². The van der Waals surface area contributed by atoms with E-state index in [-0.39, 0.29) is 5.56 Å². The number of nitrogens with one attached hydrogen (secondary N) is 2. The molecule has 0 aliphatic carbocycles. The fraction of sp³-hybridized carbons (Fsp3) is 0.0556. The monoisotopic (exact) mass is 321 g/mol. The maximum Gasteiger partial charge on any atom is 0.328 e. The van der Waals surface area contributed by atoms with Crippen LogP contribution in [-0.2, 0) is 7.05 Å². The molecule has 0 unspecified atom stereocenters. The lowest BCUT2D eigenvalue weighted by Gasteiger charge is -2.11. The highest BCUT2D eigenvalue weighted by molar-refractivity contribution is 6.05. The molecule has 1 amide bonds. The topological polar surface area (TPSA) is 84.0 Å². The van der Waals surface area contributed by atoms with E-state index < -0.39 is 17.2 Å². The Kier molecular flexibility index (Phi) is 4.11. The first kappa shape index (κ1) is 15.5. The second-order valence-electron chi connectivity index (χ2n) is 5.24. The molecular weight excluding hydrogens is 306 g/mol. The van der Waals surface area contributed by atoms with Gasteiger partial charge < -0.3 is 10.3 Å². The van der Waals surface area contributed by atoms with Crippen LogP contribution in [0, 0.1) is 0 Å². The fourth-order valence-corrected chi connectivity index (χ4v) is 2.38. The van der Waals surface area contributed by atoms with Crippen LogP contribution in [0.5, 0.6) is 0 Å². The number of para-hydroxylation sites is 1. The zero-order chi connectivity index (χ0) is 17.1. The Labute approximate surface area is 137 Å². The van der Waals surface area contributed by atoms with Crippen LogP contribution in [0.15, 0.2) is 70.4 Å². The second-order valence-corrected chi connectivity index (χ2v) is 5.24. The van der Waals surface area contributed by atoms with Crippen LogP contribution in [0.25, 0.3) is 11.1 Å². The zero-order valence-electron chi connectivity index (χ0n) is 12.9. The van der Waals surface area contributed by atoms with Gasteiger partial charge in [-0.1, -0.05) is 48.5 Å². The van der Waals surface area contributed by atoms with Crippen LogP contribution in [-0.4, -0.2) is 15.5 Å². The highest BCUT2D eigenvalue weighted by Gasteiger charge is 2.15. The van der Waals surface area contributed by atoms with Crippen molar-refractivity contribution in [3.63, 3.8) is 0 Å². The Morgan fingerprint density at radius 1 is 1.00 bits per heavy atom. The summed E-state index contributed by atoms with van der Waals surface area (Å²) in [6, 6.07) is 16.9. The van der Waals surface area contributed by atoms with Gasteiger partial charge in [0.05, 0.1) is 0 Å². The van der Waals surface area contributed by atoms with Crippen molar-refractivity contribution >= 4 is 11.6 Å². The van der Waals surface area contributed by atoms with Crippen LogP contribution in [0.1, 0.15) is 10.4 Å². The Hall–Kier alpha value is -3.41. The number of hydrogen-bond donors (Lipinski definition) is 2. The molecule has 1 heterocycles. The highest BCUT2D eigenvalue weighted by atomic mass is 16.2. The van der Waals surface area contributed by atoms with E-state index in [4.69, 9.17) is 0 Å². The van der Waals surface area contributed by atoms with Crippen LogP contribution in [0.2, 0.25) is 0 Å². The molecule has 6 nitrogen and oxygen atoms in total. The van der Waals surface area contributed by atoms with Crippen LogP contribution >= 0.6 is 0 Å². The first-order valence-electron chi connectivity index (χ1n) is 7.32. The van der Waals surface area contributed by atoms with E-state index in [0.29, 0.717) is 5.69 Å². The normalized spacial score (nSPS) is 10.4. The summed E-state index contributed by atoms with van der Waals surface area (Å²) in [5, 5.41) is 2.74. The number of carbonyl (C=O) groups is 1. The predicted molar refractivity (Wildman–Crippen MR) is 92.1 cm³/mol.